The number of carbonyl (C=O) groups excluding carboxylic acids is 1. The van der Waals surface area contributed by atoms with Gasteiger partial charge in [-0.3, -0.25) is 14.9 Å². The maximum absolute atomic E-state index is 12.2. The molecule has 0 aliphatic heterocycles. The van der Waals surface area contributed by atoms with Crippen molar-refractivity contribution in [2.45, 2.75) is 19.9 Å². The number of carbonyl (C=O) groups is 1. The van der Waals surface area contributed by atoms with Crippen LogP contribution < -0.4 is 5.32 Å². The largest absolute Gasteiger partial charge is 0.346 e. The molecule has 0 aliphatic rings. The zero-order valence-electron chi connectivity index (χ0n) is 12.2. The van der Waals surface area contributed by atoms with Crippen LogP contribution in [0.1, 0.15) is 34.5 Å². The lowest BCUT2D eigenvalue weighted by atomic mass is 10.1. The zero-order chi connectivity index (χ0) is 16.3. The topological polar surface area (TPSA) is 72.2 Å². The number of amides is 1. The van der Waals surface area contributed by atoms with Gasteiger partial charge in [-0.1, -0.05) is 23.7 Å². The fraction of sp³-hybridized carbons (Fsp3) is 0.188. The molecule has 0 radical (unpaired) electrons. The van der Waals surface area contributed by atoms with Crippen LogP contribution in [0, 0.1) is 17.0 Å². The van der Waals surface area contributed by atoms with Gasteiger partial charge >= 0.3 is 0 Å². The van der Waals surface area contributed by atoms with Crippen molar-refractivity contribution in [3.8, 4) is 0 Å². The van der Waals surface area contributed by atoms with Crippen LogP contribution in [-0.4, -0.2) is 10.8 Å². The van der Waals surface area contributed by atoms with E-state index in [-0.39, 0.29) is 17.6 Å². The van der Waals surface area contributed by atoms with Crippen molar-refractivity contribution in [2.24, 2.45) is 0 Å². The highest BCUT2D eigenvalue weighted by atomic mass is 35.5. The molecular formula is C16H15ClN2O3. The fourth-order valence-corrected chi connectivity index (χ4v) is 2.34. The number of nitrogens with one attached hydrogen (secondary N) is 1. The SMILES string of the molecule is Cc1cc(C(=O)NC(C)c2cccc(Cl)c2)ccc1[N+](=O)[O-]. The molecule has 1 unspecified atom stereocenters. The van der Waals surface area contributed by atoms with Crippen molar-refractivity contribution < 1.29 is 9.72 Å². The van der Waals surface area contributed by atoms with Crippen molar-refractivity contribution in [3.63, 3.8) is 0 Å². The van der Waals surface area contributed by atoms with Gasteiger partial charge in [0.05, 0.1) is 11.0 Å². The van der Waals surface area contributed by atoms with Gasteiger partial charge in [0.2, 0.25) is 0 Å². The molecule has 0 heterocycles. The van der Waals surface area contributed by atoms with Gasteiger partial charge in [0.1, 0.15) is 0 Å². The number of benzene rings is 2. The average Bonchev–Trinajstić information content (AvgIpc) is 2.46. The van der Waals surface area contributed by atoms with E-state index in [0.29, 0.717) is 16.1 Å². The fourth-order valence-electron chi connectivity index (χ4n) is 2.14. The predicted molar refractivity (Wildman–Crippen MR) is 85.2 cm³/mol. The van der Waals surface area contributed by atoms with E-state index in [9.17, 15) is 14.9 Å². The van der Waals surface area contributed by atoms with Crippen molar-refractivity contribution in [1.82, 2.24) is 5.32 Å². The molecule has 0 aromatic heterocycles. The summed E-state index contributed by atoms with van der Waals surface area (Å²) in [7, 11) is 0. The van der Waals surface area contributed by atoms with Crippen LogP contribution in [0.5, 0.6) is 0 Å². The monoisotopic (exact) mass is 318 g/mol. The maximum atomic E-state index is 12.2. The van der Waals surface area contributed by atoms with Gasteiger partial charge in [-0.15, -0.1) is 0 Å². The molecule has 6 heteroatoms. The first-order valence-electron chi connectivity index (χ1n) is 6.70. The highest BCUT2D eigenvalue weighted by Gasteiger charge is 2.15. The third-order valence-electron chi connectivity index (χ3n) is 3.35. The molecule has 0 aliphatic carbocycles. The highest BCUT2D eigenvalue weighted by Crippen LogP contribution is 2.20. The van der Waals surface area contributed by atoms with Gasteiger partial charge in [0.15, 0.2) is 0 Å². The lowest BCUT2D eigenvalue weighted by Gasteiger charge is -2.15. The first-order chi connectivity index (χ1) is 10.4. The van der Waals surface area contributed by atoms with Crippen LogP contribution >= 0.6 is 11.6 Å². The van der Waals surface area contributed by atoms with Crippen molar-refractivity contribution >= 4 is 23.2 Å². The molecule has 22 heavy (non-hydrogen) atoms. The number of hydrogen-bond acceptors (Lipinski definition) is 3. The van der Waals surface area contributed by atoms with Crippen LogP contribution in [0.3, 0.4) is 0 Å². The Morgan fingerprint density at radius 2 is 2.00 bits per heavy atom. The Morgan fingerprint density at radius 3 is 2.59 bits per heavy atom. The van der Waals surface area contributed by atoms with E-state index >= 15 is 0 Å². The van der Waals surface area contributed by atoms with E-state index in [1.54, 1.807) is 19.1 Å². The van der Waals surface area contributed by atoms with Gasteiger partial charge in [-0.2, -0.15) is 0 Å². The second-order valence-electron chi connectivity index (χ2n) is 5.01. The average molecular weight is 319 g/mol. The highest BCUT2D eigenvalue weighted by molar-refractivity contribution is 6.30. The first-order valence-corrected chi connectivity index (χ1v) is 7.07. The molecule has 1 N–H and O–H groups in total. The molecule has 0 bridgehead atoms. The van der Waals surface area contributed by atoms with E-state index in [4.69, 9.17) is 11.6 Å². The second-order valence-corrected chi connectivity index (χ2v) is 5.44. The van der Waals surface area contributed by atoms with Crippen molar-refractivity contribution in [1.29, 1.82) is 0 Å². The normalized spacial score (nSPS) is 11.8. The number of nitro groups is 1. The minimum atomic E-state index is -0.467. The molecule has 1 amide bonds. The first kappa shape index (κ1) is 16.0. The van der Waals surface area contributed by atoms with E-state index in [2.05, 4.69) is 5.32 Å². The van der Waals surface area contributed by atoms with Gasteiger partial charge in [-0.25, -0.2) is 0 Å². The molecule has 114 valence electrons. The van der Waals surface area contributed by atoms with Crippen molar-refractivity contribution in [3.05, 3.63) is 74.3 Å². The Kier molecular flexibility index (Phi) is 4.78. The van der Waals surface area contributed by atoms with E-state index < -0.39 is 4.92 Å². The molecule has 0 spiro atoms. The van der Waals surface area contributed by atoms with E-state index in [1.807, 2.05) is 19.1 Å². The molecule has 0 fully saturated rings. The molecular weight excluding hydrogens is 304 g/mol. The third kappa shape index (κ3) is 3.62. The standard InChI is InChI=1S/C16H15ClN2O3/c1-10-8-13(6-7-15(10)19(21)22)16(20)18-11(2)12-4-3-5-14(17)9-12/h3-9,11H,1-2H3,(H,18,20). The van der Waals surface area contributed by atoms with E-state index in [0.717, 1.165) is 5.56 Å². The lowest BCUT2D eigenvalue weighted by Crippen LogP contribution is -2.26. The second kappa shape index (κ2) is 6.58. The summed E-state index contributed by atoms with van der Waals surface area (Å²) in [5, 5.41) is 14.2. The Bertz CT molecular complexity index is 731. The third-order valence-corrected chi connectivity index (χ3v) is 3.59. The molecule has 2 aromatic rings. The molecule has 1 atom stereocenters. The number of nitrogens with zero attached hydrogens (tertiary/aromatic N) is 1. The Balaban J connectivity index is 2.15. The molecule has 2 aromatic carbocycles. The summed E-state index contributed by atoms with van der Waals surface area (Å²) in [5.74, 6) is -0.287. The Hall–Kier alpha value is -2.40. The predicted octanol–water partition coefficient (Wildman–Crippen LogP) is 4.05. The number of nitro benzene ring substituents is 1. The van der Waals surface area contributed by atoms with Gasteiger partial charge in [-0.05, 0) is 43.7 Å². The number of rotatable bonds is 4. The van der Waals surface area contributed by atoms with E-state index in [1.165, 1.54) is 18.2 Å². The summed E-state index contributed by atoms with van der Waals surface area (Å²) < 4.78 is 0. The zero-order valence-corrected chi connectivity index (χ0v) is 12.9. The maximum Gasteiger partial charge on any atom is 0.272 e. The molecule has 0 saturated heterocycles. The lowest BCUT2D eigenvalue weighted by molar-refractivity contribution is -0.385. The minimum absolute atomic E-state index is 0.000519. The Labute approximate surface area is 133 Å². The summed E-state index contributed by atoms with van der Waals surface area (Å²) in [6.45, 7) is 3.46. The van der Waals surface area contributed by atoms with Crippen LogP contribution in [0.15, 0.2) is 42.5 Å². The van der Waals surface area contributed by atoms with Crippen LogP contribution in [0.2, 0.25) is 5.02 Å². The molecule has 5 nitrogen and oxygen atoms in total. The van der Waals surface area contributed by atoms with Gasteiger partial charge in [0.25, 0.3) is 11.6 Å². The van der Waals surface area contributed by atoms with Gasteiger partial charge < -0.3 is 5.32 Å². The van der Waals surface area contributed by atoms with Crippen LogP contribution in [0.25, 0.3) is 0 Å². The number of aryl methyl sites for hydroxylation is 1. The summed E-state index contributed by atoms with van der Waals surface area (Å²) in [4.78, 5) is 22.6. The van der Waals surface area contributed by atoms with Crippen molar-refractivity contribution in [2.75, 3.05) is 0 Å². The number of halogens is 1. The molecule has 2 rings (SSSR count). The summed E-state index contributed by atoms with van der Waals surface area (Å²) >= 11 is 5.93. The summed E-state index contributed by atoms with van der Waals surface area (Å²) in [5.41, 5.74) is 1.73. The minimum Gasteiger partial charge on any atom is -0.346 e. The van der Waals surface area contributed by atoms with Crippen LogP contribution in [-0.2, 0) is 0 Å². The summed E-state index contributed by atoms with van der Waals surface area (Å²) in [6.07, 6.45) is 0. The Morgan fingerprint density at radius 1 is 1.27 bits per heavy atom. The number of hydrogen-bond donors (Lipinski definition) is 1. The molecule has 0 saturated carbocycles. The summed E-state index contributed by atoms with van der Waals surface area (Å²) in [6, 6.07) is 11.3. The van der Waals surface area contributed by atoms with Gasteiger partial charge in [0, 0.05) is 22.2 Å². The quantitative estimate of drug-likeness (QED) is 0.682. The smallest absolute Gasteiger partial charge is 0.272 e. The van der Waals surface area contributed by atoms with Crippen LogP contribution in [0.4, 0.5) is 5.69 Å².